The van der Waals surface area contributed by atoms with Crippen molar-refractivity contribution < 1.29 is 9.21 Å². The molecule has 4 rings (SSSR count). The van der Waals surface area contributed by atoms with Crippen molar-refractivity contribution in [2.24, 2.45) is 7.05 Å². The van der Waals surface area contributed by atoms with Crippen LogP contribution in [0.15, 0.2) is 38.6 Å². The molecule has 3 heterocycles. The van der Waals surface area contributed by atoms with Crippen LogP contribution in [0, 0.1) is 0 Å². The number of aryl methyl sites for hydroxylation is 1. The van der Waals surface area contributed by atoms with E-state index in [1.165, 1.54) is 17.8 Å². The van der Waals surface area contributed by atoms with Crippen molar-refractivity contribution in [1.29, 1.82) is 0 Å². The van der Waals surface area contributed by atoms with Crippen LogP contribution in [0.1, 0.15) is 34.0 Å². The maximum atomic E-state index is 12.4. The van der Waals surface area contributed by atoms with Crippen LogP contribution in [0.5, 0.6) is 0 Å². The smallest absolute Gasteiger partial charge is 0.329 e. The van der Waals surface area contributed by atoms with Crippen LogP contribution < -0.4 is 11.2 Å². The Kier molecular flexibility index (Phi) is 2.84. The molecule has 3 aromatic heterocycles. The number of hydrogen-bond acceptors (Lipinski definition) is 5. The first kappa shape index (κ1) is 13.7. The van der Waals surface area contributed by atoms with E-state index in [2.05, 4.69) is 9.97 Å². The Balaban J connectivity index is 2.01. The van der Waals surface area contributed by atoms with Gasteiger partial charge in [0, 0.05) is 31.1 Å². The highest BCUT2D eigenvalue weighted by atomic mass is 16.3. The number of H-pyrrole nitrogens is 1. The first-order chi connectivity index (χ1) is 11.1. The lowest BCUT2D eigenvalue weighted by Crippen LogP contribution is -2.31. The summed E-state index contributed by atoms with van der Waals surface area (Å²) in [5.74, 6) is 0.526. The highest BCUT2D eigenvalue weighted by molar-refractivity contribution is 6.02. The van der Waals surface area contributed by atoms with Crippen molar-refractivity contribution in [3.63, 3.8) is 0 Å². The van der Waals surface area contributed by atoms with E-state index in [9.17, 15) is 14.4 Å². The fourth-order valence-electron chi connectivity index (χ4n) is 3.20. The van der Waals surface area contributed by atoms with Gasteiger partial charge >= 0.3 is 5.69 Å². The summed E-state index contributed by atoms with van der Waals surface area (Å²) in [6.07, 6.45) is 3.83. The summed E-state index contributed by atoms with van der Waals surface area (Å²) in [6, 6.07) is 3.60. The molecule has 23 heavy (non-hydrogen) atoms. The predicted octanol–water partition coefficient (Wildman–Crippen LogP) is 1.13. The van der Waals surface area contributed by atoms with E-state index in [1.54, 1.807) is 12.3 Å². The molecule has 1 aliphatic rings. The number of carbonyl (C=O) groups excluding carboxylic acids is 1. The lowest BCUT2D eigenvalue weighted by molar-refractivity contribution is 0.0960. The summed E-state index contributed by atoms with van der Waals surface area (Å²) >= 11 is 0. The van der Waals surface area contributed by atoms with Gasteiger partial charge in [-0.05, 0) is 24.1 Å². The van der Waals surface area contributed by atoms with Gasteiger partial charge in [0.1, 0.15) is 11.4 Å². The van der Waals surface area contributed by atoms with Gasteiger partial charge in [-0.25, -0.2) is 9.78 Å². The van der Waals surface area contributed by atoms with E-state index in [-0.39, 0.29) is 17.3 Å². The number of ketones is 1. The third-order valence-corrected chi connectivity index (χ3v) is 4.36. The van der Waals surface area contributed by atoms with Gasteiger partial charge in [0.15, 0.2) is 5.78 Å². The van der Waals surface area contributed by atoms with Crippen LogP contribution in [-0.4, -0.2) is 20.3 Å². The van der Waals surface area contributed by atoms with Crippen molar-refractivity contribution in [3.8, 4) is 0 Å². The van der Waals surface area contributed by atoms with Crippen LogP contribution in [0.3, 0.4) is 0 Å². The quantitative estimate of drug-likeness (QED) is 0.726. The summed E-state index contributed by atoms with van der Waals surface area (Å²) in [4.78, 5) is 42.9. The Morgan fingerprint density at radius 3 is 2.87 bits per heavy atom. The van der Waals surface area contributed by atoms with Crippen LogP contribution in [-0.2, 0) is 13.5 Å². The normalized spacial score (nSPS) is 17.4. The molecule has 0 aromatic carbocycles. The van der Waals surface area contributed by atoms with Crippen LogP contribution >= 0.6 is 0 Å². The highest BCUT2D eigenvalue weighted by Crippen LogP contribution is 2.34. The van der Waals surface area contributed by atoms with Gasteiger partial charge in [-0.2, -0.15) is 0 Å². The molecule has 7 nitrogen and oxygen atoms in total. The second kappa shape index (κ2) is 4.77. The molecule has 7 heteroatoms. The van der Waals surface area contributed by atoms with Gasteiger partial charge in [-0.1, -0.05) is 0 Å². The molecule has 0 spiro atoms. The lowest BCUT2D eigenvalue weighted by atomic mass is 9.81. The third-order valence-electron chi connectivity index (χ3n) is 4.36. The fraction of sp³-hybridized carbons (Fsp3) is 0.250. The van der Waals surface area contributed by atoms with Crippen molar-refractivity contribution in [1.82, 2.24) is 14.5 Å². The first-order valence-corrected chi connectivity index (χ1v) is 7.23. The zero-order valence-electron chi connectivity index (χ0n) is 12.3. The van der Waals surface area contributed by atoms with E-state index in [0.29, 0.717) is 29.4 Å². The minimum absolute atomic E-state index is 0.0738. The monoisotopic (exact) mass is 311 g/mol. The van der Waals surface area contributed by atoms with Crippen molar-refractivity contribution >= 4 is 16.8 Å². The molecule has 1 atom stereocenters. The maximum Gasteiger partial charge on any atom is 0.329 e. The van der Waals surface area contributed by atoms with Crippen LogP contribution in [0.25, 0.3) is 11.0 Å². The number of nitrogens with one attached hydrogen (secondary N) is 1. The molecule has 1 aliphatic carbocycles. The molecule has 0 fully saturated rings. The minimum atomic E-state index is -0.528. The molecule has 3 aromatic rings. The number of hydrogen-bond donors (Lipinski definition) is 1. The second-order valence-electron chi connectivity index (χ2n) is 5.71. The van der Waals surface area contributed by atoms with E-state index < -0.39 is 11.2 Å². The maximum absolute atomic E-state index is 12.4. The van der Waals surface area contributed by atoms with E-state index in [4.69, 9.17) is 4.42 Å². The topological polar surface area (TPSA) is 98.0 Å². The third kappa shape index (κ3) is 1.97. The fourth-order valence-corrected chi connectivity index (χ4v) is 3.20. The Hall–Kier alpha value is -2.96. The number of aromatic amines is 1. The van der Waals surface area contributed by atoms with Crippen LogP contribution in [0.2, 0.25) is 0 Å². The number of carbonyl (C=O) groups is 1. The number of pyridine rings is 1. The van der Waals surface area contributed by atoms with E-state index in [1.807, 2.05) is 6.07 Å². The molecule has 0 aliphatic heterocycles. The molecular formula is C16H13N3O4. The van der Waals surface area contributed by atoms with E-state index >= 15 is 0 Å². The van der Waals surface area contributed by atoms with Gasteiger partial charge in [-0.15, -0.1) is 0 Å². The van der Waals surface area contributed by atoms with Crippen molar-refractivity contribution in [2.45, 2.75) is 18.8 Å². The highest BCUT2D eigenvalue weighted by Gasteiger charge is 2.30. The number of furan rings is 1. The van der Waals surface area contributed by atoms with Gasteiger partial charge in [-0.3, -0.25) is 19.1 Å². The Labute approximate surface area is 129 Å². The number of nitrogens with zero attached hydrogens (tertiary/aromatic N) is 2. The predicted molar refractivity (Wildman–Crippen MR) is 81.7 cm³/mol. The molecular weight excluding hydrogens is 298 g/mol. The number of Topliss-reactive ketones (excluding diaryl/α,β-unsaturated/α-hetero) is 1. The molecule has 116 valence electrons. The molecule has 0 bridgehead atoms. The molecule has 1 N–H and O–H groups in total. The SMILES string of the molecule is Cn1c(=O)[nH]c(=O)c2c3c(cnc21)C(=O)C[C@H](c1ccco1)C3. The van der Waals surface area contributed by atoms with E-state index in [0.717, 1.165) is 5.76 Å². The summed E-state index contributed by atoms with van der Waals surface area (Å²) in [5, 5.41) is 0.300. The second-order valence-corrected chi connectivity index (χ2v) is 5.71. The lowest BCUT2D eigenvalue weighted by Gasteiger charge is -2.23. The first-order valence-electron chi connectivity index (χ1n) is 7.23. The summed E-state index contributed by atoms with van der Waals surface area (Å²) < 4.78 is 6.69. The van der Waals surface area contributed by atoms with Gasteiger partial charge < -0.3 is 4.42 Å². The number of aromatic nitrogens is 3. The standard InChI is InChI=1S/C16H13N3O4/c1-19-14-13(15(21)18-16(19)22)9-5-8(12-3-2-4-23-12)6-11(20)10(9)7-17-14/h2-4,7-8H,5-6H2,1H3,(H,18,21,22)/t8-/m1/s1. The zero-order chi connectivity index (χ0) is 16.1. The summed E-state index contributed by atoms with van der Waals surface area (Å²) in [5.41, 5.74) is 0.319. The molecule has 0 saturated heterocycles. The summed E-state index contributed by atoms with van der Waals surface area (Å²) in [6.45, 7) is 0. The number of rotatable bonds is 1. The molecule has 0 saturated carbocycles. The largest absolute Gasteiger partial charge is 0.469 e. The molecule has 0 radical (unpaired) electrons. The Morgan fingerprint density at radius 1 is 1.30 bits per heavy atom. The average molecular weight is 311 g/mol. The average Bonchev–Trinajstić information content (AvgIpc) is 3.06. The molecule has 0 amide bonds. The van der Waals surface area contributed by atoms with Crippen LogP contribution in [0.4, 0.5) is 0 Å². The van der Waals surface area contributed by atoms with Gasteiger partial charge in [0.05, 0.1) is 11.6 Å². The van der Waals surface area contributed by atoms with Crippen molar-refractivity contribution in [2.75, 3.05) is 0 Å². The van der Waals surface area contributed by atoms with Gasteiger partial charge in [0.25, 0.3) is 5.56 Å². The zero-order valence-corrected chi connectivity index (χ0v) is 12.3. The Morgan fingerprint density at radius 2 is 2.13 bits per heavy atom. The van der Waals surface area contributed by atoms with Gasteiger partial charge in [0.2, 0.25) is 0 Å². The van der Waals surface area contributed by atoms with Crippen molar-refractivity contribution in [3.05, 3.63) is 62.3 Å². The summed E-state index contributed by atoms with van der Waals surface area (Å²) in [7, 11) is 1.54. The minimum Gasteiger partial charge on any atom is -0.469 e. The number of fused-ring (bicyclic) bond motifs is 3. The molecule has 0 unspecified atom stereocenters. The Bertz CT molecular complexity index is 1040.